The molecule has 0 saturated carbocycles. The van der Waals surface area contributed by atoms with Gasteiger partial charge in [-0.25, -0.2) is 0 Å². The van der Waals surface area contributed by atoms with Crippen LogP contribution in [0.5, 0.6) is 5.75 Å². The van der Waals surface area contributed by atoms with Gasteiger partial charge in [0, 0.05) is 29.7 Å². The van der Waals surface area contributed by atoms with Gasteiger partial charge in [0.15, 0.2) is 0 Å². The molecule has 0 bridgehead atoms. The van der Waals surface area contributed by atoms with Crippen molar-refractivity contribution in [1.29, 1.82) is 0 Å². The first-order chi connectivity index (χ1) is 12.1. The van der Waals surface area contributed by atoms with Gasteiger partial charge in [0.05, 0.1) is 13.2 Å². The highest BCUT2D eigenvalue weighted by Crippen LogP contribution is 2.47. The van der Waals surface area contributed by atoms with Crippen LogP contribution < -0.4 is 21.1 Å². The maximum atomic E-state index is 6.10. The Kier molecular flexibility index (Phi) is 3.53. The Labute approximate surface area is 147 Å². The van der Waals surface area contributed by atoms with Gasteiger partial charge in [0.1, 0.15) is 5.75 Å². The first-order valence-electron chi connectivity index (χ1n) is 8.24. The van der Waals surface area contributed by atoms with Crippen LogP contribution in [0.3, 0.4) is 0 Å². The van der Waals surface area contributed by atoms with Crippen molar-refractivity contribution in [3.8, 4) is 16.9 Å². The monoisotopic (exact) mass is 330 g/mol. The molecule has 0 radical (unpaired) electrons. The third kappa shape index (κ3) is 2.47. The number of methoxy groups -OCH3 is 1. The van der Waals surface area contributed by atoms with Crippen LogP contribution in [0.2, 0.25) is 0 Å². The molecule has 4 N–H and O–H groups in total. The number of nitrogens with zero attached hydrogens (tertiary/aromatic N) is 1. The second kappa shape index (κ2) is 5.74. The minimum Gasteiger partial charge on any atom is -0.497 e. The molecule has 3 aromatic rings. The van der Waals surface area contributed by atoms with Gasteiger partial charge in [0.25, 0.3) is 0 Å². The zero-order valence-corrected chi connectivity index (χ0v) is 14.4. The van der Waals surface area contributed by atoms with E-state index in [9.17, 15) is 0 Å². The zero-order chi connectivity index (χ0) is 17.6. The zero-order valence-electron chi connectivity index (χ0n) is 14.4. The lowest BCUT2D eigenvalue weighted by Gasteiger charge is -2.38. The summed E-state index contributed by atoms with van der Waals surface area (Å²) in [7, 11) is 3.77. The first-order valence-corrected chi connectivity index (χ1v) is 8.24. The Morgan fingerprint density at radius 3 is 2.16 bits per heavy atom. The number of hydrogen-bond acceptors (Lipinski definition) is 4. The van der Waals surface area contributed by atoms with E-state index in [1.54, 1.807) is 7.11 Å². The molecule has 1 heterocycles. The Balaban J connectivity index is 1.94. The Morgan fingerprint density at radius 2 is 1.48 bits per heavy atom. The van der Waals surface area contributed by atoms with Gasteiger partial charge in [-0.15, -0.1) is 0 Å². The minimum atomic E-state index is 0.0682. The fourth-order valence-corrected chi connectivity index (χ4v) is 3.66. The molecule has 1 aliphatic heterocycles. The van der Waals surface area contributed by atoms with Gasteiger partial charge < -0.3 is 21.1 Å². The molecule has 0 aliphatic carbocycles. The van der Waals surface area contributed by atoms with Gasteiger partial charge >= 0.3 is 0 Å². The smallest absolute Gasteiger partial charge is 0.118 e. The molecule has 126 valence electrons. The molecule has 25 heavy (non-hydrogen) atoms. The molecule has 4 rings (SSSR count). The Morgan fingerprint density at radius 1 is 0.840 bits per heavy atom. The first kappa shape index (κ1) is 15.4. The fourth-order valence-electron chi connectivity index (χ4n) is 3.66. The topological polar surface area (TPSA) is 64.5 Å². The molecule has 3 aromatic carbocycles. The van der Waals surface area contributed by atoms with Crippen LogP contribution in [-0.2, 0) is 0 Å². The number of fused-ring (bicyclic) bond motifs is 3. The van der Waals surface area contributed by atoms with Crippen LogP contribution in [0.15, 0.2) is 60.7 Å². The van der Waals surface area contributed by atoms with Gasteiger partial charge in [0.2, 0.25) is 0 Å². The molecule has 1 aliphatic rings. The maximum Gasteiger partial charge on any atom is 0.118 e. The molecule has 4 nitrogen and oxygen atoms in total. The van der Waals surface area contributed by atoms with Crippen LogP contribution in [0.25, 0.3) is 11.1 Å². The van der Waals surface area contributed by atoms with Crippen LogP contribution in [0.1, 0.15) is 17.2 Å². The van der Waals surface area contributed by atoms with E-state index in [0.29, 0.717) is 0 Å². The van der Waals surface area contributed by atoms with E-state index in [1.165, 1.54) is 22.3 Å². The van der Waals surface area contributed by atoms with Crippen molar-refractivity contribution in [2.24, 2.45) is 0 Å². The molecular weight excluding hydrogens is 309 g/mol. The summed E-state index contributed by atoms with van der Waals surface area (Å²) in [6, 6.07) is 20.4. The van der Waals surface area contributed by atoms with E-state index in [2.05, 4.69) is 42.3 Å². The van der Waals surface area contributed by atoms with Crippen LogP contribution in [0, 0.1) is 0 Å². The van der Waals surface area contributed by atoms with E-state index in [-0.39, 0.29) is 6.04 Å². The van der Waals surface area contributed by atoms with E-state index < -0.39 is 0 Å². The molecule has 0 spiro atoms. The van der Waals surface area contributed by atoms with Crippen molar-refractivity contribution >= 4 is 17.1 Å². The second-order valence-corrected chi connectivity index (χ2v) is 6.41. The normalized spacial score (nSPS) is 15.4. The minimum absolute atomic E-state index is 0.0682. The highest BCUT2D eigenvalue weighted by Gasteiger charge is 2.30. The summed E-state index contributed by atoms with van der Waals surface area (Å²) in [5.74, 6) is 0.847. The van der Waals surface area contributed by atoms with E-state index in [0.717, 1.165) is 22.8 Å². The largest absolute Gasteiger partial charge is 0.497 e. The van der Waals surface area contributed by atoms with E-state index in [4.69, 9.17) is 16.2 Å². The summed E-state index contributed by atoms with van der Waals surface area (Å²) in [4.78, 5) is 2.26. The van der Waals surface area contributed by atoms with Crippen molar-refractivity contribution in [3.63, 3.8) is 0 Å². The number of rotatable bonds is 2. The average molecular weight is 330 g/mol. The van der Waals surface area contributed by atoms with Crippen LogP contribution in [-0.4, -0.2) is 14.2 Å². The summed E-state index contributed by atoms with van der Waals surface area (Å²) >= 11 is 0. The third-order valence-corrected chi connectivity index (χ3v) is 4.88. The number of nitrogen functional groups attached to an aromatic ring is 2. The Hall–Kier alpha value is -3.14. The molecule has 1 unspecified atom stereocenters. The molecule has 0 fully saturated rings. The standard InChI is InChI=1S/C21H21N3O/c1-24-20-12-15(23)6-10-18(20)17-9-5-14(22)11-19(17)21(24)13-3-7-16(25-2)8-4-13/h3-12,21H,22-23H2,1-2H3/i2-1. The highest BCUT2D eigenvalue weighted by molar-refractivity contribution is 5.88. The summed E-state index contributed by atoms with van der Waals surface area (Å²) in [5.41, 5.74) is 19.6. The van der Waals surface area contributed by atoms with Crippen molar-refractivity contribution in [1.82, 2.24) is 0 Å². The van der Waals surface area contributed by atoms with Gasteiger partial charge in [-0.2, -0.15) is 0 Å². The van der Waals surface area contributed by atoms with Crippen LogP contribution in [0.4, 0.5) is 17.1 Å². The third-order valence-electron chi connectivity index (χ3n) is 4.88. The number of benzene rings is 3. The molecule has 4 heteroatoms. The van der Waals surface area contributed by atoms with Crippen molar-refractivity contribution in [2.75, 3.05) is 30.5 Å². The summed E-state index contributed by atoms with van der Waals surface area (Å²) in [6.45, 7) is 0. The van der Waals surface area contributed by atoms with E-state index >= 15 is 0 Å². The SMILES string of the molecule is CN1c2cc(N)ccc2-c2ccc(N)cc2C1c1ccc(O[11CH3])cc1. The molecule has 0 amide bonds. The summed E-state index contributed by atoms with van der Waals surface area (Å²) in [6.07, 6.45) is 0. The number of nitrogens with two attached hydrogens (primary N) is 2. The molecule has 0 aromatic heterocycles. The summed E-state index contributed by atoms with van der Waals surface area (Å²) in [5, 5.41) is 0. The molecule has 1 atom stereocenters. The quantitative estimate of drug-likeness (QED) is 0.695. The average Bonchev–Trinajstić information content (AvgIpc) is 2.62. The Bertz CT molecular complexity index is 934. The predicted octanol–water partition coefficient (Wildman–Crippen LogP) is 4.07. The molecular formula is C21H21N3O. The maximum absolute atomic E-state index is 6.10. The van der Waals surface area contributed by atoms with Crippen LogP contribution >= 0.6 is 0 Å². The van der Waals surface area contributed by atoms with Gasteiger partial charge in [-0.05, 0) is 53.1 Å². The number of anilines is 3. The lowest BCUT2D eigenvalue weighted by atomic mass is 9.85. The lowest BCUT2D eigenvalue weighted by molar-refractivity contribution is 0.414. The number of ether oxygens (including phenoxy) is 1. The van der Waals surface area contributed by atoms with Crippen molar-refractivity contribution < 1.29 is 4.74 Å². The van der Waals surface area contributed by atoms with Crippen molar-refractivity contribution in [2.45, 2.75) is 6.04 Å². The lowest BCUT2D eigenvalue weighted by Crippen LogP contribution is -2.29. The highest BCUT2D eigenvalue weighted by atomic mass is 16.4. The van der Waals surface area contributed by atoms with Gasteiger partial charge in [-0.3, -0.25) is 0 Å². The molecule has 0 saturated heterocycles. The predicted molar refractivity (Wildman–Crippen MR) is 104 cm³/mol. The fraction of sp³-hybridized carbons (Fsp3) is 0.143. The van der Waals surface area contributed by atoms with Crippen molar-refractivity contribution in [3.05, 3.63) is 71.8 Å². The number of hydrogen-bond donors (Lipinski definition) is 2. The second-order valence-electron chi connectivity index (χ2n) is 6.41. The van der Waals surface area contributed by atoms with Gasteiger partial charge in [-0.1, -0.05) is 24.3 Å². The van der Waals surface area contributed by atoms with E-state index in [1.807, 2.05) is 30.3 Å². The summed E-state index contributed by atoms with van der Waals surface area (Å²) < 4.78 is 5.29.